The fourth-order valence-corrected chi connectivity index (χ4v) is 5.46. The molecular formula is C26H32N4O2S. The Morgan fingerprint density at radius 1 is 1.24 bits per heavy atom. The van der Waals surface area contributed by atoms with Crippen LogP contribution >= 0.6 is 11.3 Å². The van der Waals surface area contributed by atoms with E-state index in [-0.39, 0.29) is 29.8 Å². The highest BCUT2D eigenvalue weighted by atomic mass is 32.1. The molecule has 2 atom stereocenters. The minimum atomic E-state index is -0.356. The number of nitrogens with one attached hydrogen (secondary N) is 2. The maximum absolute atomic E-state index is 13.1. The standard InChI is InChI=1S/C26H32N4O2S/c1-15(31)28-20-7-5-6-16(12-20)22(14-27)29-24(32)23-13-18-10-17-11-19(26(2,3)4)8-9-21(17)30-25(18)33-23/h5-7,10,12-13,19,22H,8-9,11,14,27H2,1-4H3,(H,28,31)(H,29,32). The first-order valence-corrected chi connectivity index (χ1v) is 12.3. The van der Waals surface area contributed by atoms with Gasteiger partial charge in [0.05, 0.1) is 10.9 Å². The highest BCUT2D eigenvalue weighted by molar-refractivity contribution is 7.20. The van der Waals surface area contributed by atoms with Gasteiger partial charge in [-0.1, -0.05) is 32.9 Å². The molecular weight excluding hydrogens is 432 g/mol. The Balaban J connectivity index is 1.54. The van der Waals surface area contributed by atoms with Gasteiger partial charge in [0.15, 0.2) is 0 Å². The number of pyridine rings is 1. The van der Waals surface area contributed by atoms with Gasteiger partial charge in [0.2, 0.25) is 5.91 Å². The molecule has 0 aliphatic heterocycles. The Morgan fingerprint density at radius 2 is 2.03 bits per heavy atom. The molecule has 0 bridgehead atoms. The highest BCUT2D eigenvalue weighted by Gasteiger charge is 2.29. The van der Waals surface area contributed by atoms with Crippen molar-refractivity contribution >= 4 is 39.1 Å². The lowest BCUT2D eigenvalue weighted by atomic mass is 9.71. The second kappa shape index (κ2) is 9.23. The zero-order chi connectivity index (χ0) is 23.8. The van der Waals surface area contributed by atoms with Crippen LogP contribution in [-0.4, -0.2) is 23.3 Å². The van der Waals surface area contributed by atoms with Crippen LogP contribution in [0.1, 0.15) is 66.7 Å². The summed E-state index contributed by atoms with van der Waals surface area (Å²) in [4.78, 5) is 30.9. The van der Waals surface area contributed by atoms with Gasteiger partial charge >= 0.3 is 0 Å². The van der Waals surface area contributed by atoms with Crippen LogP contribution in [0.15, 0.2) is 36.4 Å². The molecule has 1 aromatic carbocycles. The van der Waals surface area contributed by atoms with E-state index in [2.05, 4.69) is 37.5 Å². The zero-order valence-corrected chi connectivity index (χ0v) is 20.5. The van der Waals surface area contributed by atoms with Crippen molar-refractivity contribution in [3.05, 3.63) is 58.1 Å². The van der Waals surface area contributed by atoms with Crippen LogP contribution in [0.4, 0.5) is 5.69 Å². The maximum Gasteiger partial charge on any atom is 0.261 e. The van der Waals surface area contributed by atoms with Crippen LogP contribution in [0.3, 0.4) is 0 Å². The van der Waals surface area contributed by atoms with Crippen molar-refractivity contribution in [1.82, 2.24) is 10.3 Å². The lowest BCUT2D eigenvalue weighted by Crippen LogP contribution is -2.33. The monoisotopic (exact) mass is 464 g/mol. The topological polar surface area (TPSA) is 97.1 Å². The SMILES string of the molecule is CC(=O)Nc1cccc(C(CN)NC(=O)c2cc3cc4c(nc3s2)CCC(C(C)(C)C)C4)c1. The summed E-state index contributed by atoms with van der Waals surface area (Å²) in [6.07, 6.45) is 3.19. The molecule has 0 radical (unpaired) electrons. The number of hydrogen-bond acceptors (Lipinski definition) is 5. The van der Waals surface area contributed by atoms with Crippen LogP contribution in [0.2, 0.25) is 0 Å². The fraction of sp³-hybridized carbons (Fsp3) is 0.423. The van der Waals surface area contributed by atoms with Crippen LogP contribution in [0.25, 0.3) is 10.2 Å². The van der Waals surface area contributed by atoms with E-state index in [0.29, 0.717) is 16.5 Å². The summed E-state index contributed by atoms with van der Waals surface area (Å²) >= 11 is 1.42. The zero-order valence-electron chi connectivity index (χ0n) is 19.7. The number of benzene rings is 1. The molecule has 33 heavy (non-hydrogen) atoms. The molecule has 2 amide bonds. The Labute approximate surface area is 199 Å². The summed E-state index contributed by atoms with van der Waals surface area (Å²) < 4.78 is 0. The first kappa shape index (κ1) is 23.4. The largest absolute Gasteiger partial charge is 0.343 e. The Morgan fingerprint density at radius 3 is 2.73 bits per heavy atom. The van der Waals surface area contributed by atoms with Crippen molar-refractivity contribution in [3.8, 4) is 0 Å². The molecule has 2 aromatic heterocycles. The van der Waals surface area contributed by atoms with Gasteiger partial charge in [0.1, 0.15) is 4.83 Å². The number of carbonyl (C=O) groups excluding carboxylic acids is 2. The third kappa shape index (κ3) is 5.25. The van der Waals surface area contributed by atoms with E-state index in [4.69, 9.17) is 10.7 Å². The molecule has 0 fully saturated rings. The normalized spacial score (nSPS) is 16.8. The third-order valence-electron chi connectivity index (χ3n) is 6.47. The third-order valence-corrected chi connectivity index (χ3v) is 7.52. The van der Waals surface area contributed by atoms with Gasteiger partial charge in [-0.15, -0.1) is 11.3 Å². The summed E-state index contributed by atoms with van der Waals surface area (Å²) in [5, 5.41) is 6.83. The molecule has 2 heterocycles. The van der Waals surface area contributed by atoms with E-state index in [1.54, 1.807) is 0 Å². The quantitative estimate of drug-likeness (QED) is 0.503. The number of aromatic nitrogens is 1. The number of amides is 2. The van der Waals surface area contributed by atoms with Crippen LogP contribution in [-0.2, 0) is 17.6 Å². The van der Waals surface area contributed by atoms with Crippen LogP contribution in [0, 0.1) is 11.3 Å². The number of nitrogens with zero attached hydrogens (tertiary/aromatic N) is 1. The summed E-state index contributed by atoms with van der Waals surface area (Å²) in [6.45, 7) is 8.64. The number of carbonyl (C=O) groups is 2. The van der Waals surface area contributed by atoms with E-state index in [1.165, 1.54) is 29.5 Å². The van der Waals surface area contributed by atoms with Crippen molar-refractivity contribution in [2.75, 3.05) is 11.9 Å². The van der Waals surface area contributed by atoms with Gasteiger partial charge in [-0.25, -0.2) is 4.98 Å². The Bertz CT molecular complexity index is 1190. The van der Waals surface area contributed by atoms with E-state index in [1.807, 2.05) is 30.3 Å². The Hall–Kier alpha value is -2.77. The molecule has 6 nitrogen and oxygen atoms in total. The smallest absolute Gasteiger partial charge is 0.261 e. The molecule has 4 rings (SSSR count). The highest BCUT2D eigenvalue weighted by Crippen LogP contribution is 2.38. The van der Waals surface area contributed by atoms with Crippen molar-refractivity contribution in [2.45, 2.75) is 53.0 Å². The predicted molar refractivity (Wildman–Crippen MR) is 135 cm³/mol. The number of thiophene rings is 1. The molecule has 1 aliphatic rings. The second-order valence-electron chi connectivity index (χ2n) is 9.97. The molecule has 3 aromatic rings. The summed E-state index contributed by atoms with van der Waals surface area (Å²) in [5.74, 6) is 0.336. The number of anilines is 1. The van der Waals surface area contributed by atoms with Crippen LogP contribution < -0.4 is 16.4 Å². The van der Waals surface area contributed by atoms with Gasteiger partial charge in [-0.2, -0.15) is 0 Å². The van der Waals surface area contributed by atoms with Crippen molar-refractivity contribution in [1.29, 1.82) is 0 Å². The fourth-order valence-electron chi connectivity index (χ4n) is 4.52. The molecule has 7 heteroatoms. The maximum atomic E-state index is 13.1. The van der Waals surface area contributed by atoms with E-state index in [9.17, 15) is 9.59 Å². The molecule has 4 N–H and O–H groups in total. The molecule has 0 saturated heterocycles. The van der Waals surface area contributed by atoms with E-state index in [0.717, 1.165) is 35.0 Å². The lowest BCUT2D eigenvalue weighted by molar-refractivity contribution is -0.114. The summed E-state index contributed by atoms with van der Waals surface area (Å²) in [7, 11) is 0. The first-order chi connectivity index (χ1) is 15.6. The van der Waals surface area contributed by atoms with Gasteiger partial charge in [0, 0.05) is 30.2 Å². The lowest BCUT2D eigenvalue weighted by Gasteiger charge is -2.34. The first-order valence-electron chi connectivity index (χ1n) is 11.4. The van der Waals surface area contributed by atoms with E-state index >= 15 is 0 Å². The predicted octanol–water partition coefficient (Wildman–Crippen LogP) is 4.84. The van der Waals surface area contributed by atoms with Gasteiger partial charge in [-0.3, -0.25) is 9.59 Å². The van der Waals surface area contributed by atoms with Gasteiger partial charge in [0.25, 0.3) is 5.91 Å². The Kier molecular flexibility index (Phi) is 6.54. The number of fused-ring (bicyclic) bond motifs is 2. The molecule has 174 valence electrons. The number of hydrogen-bond donors (Lipinski definition) is 3. The van der Waals surface area contributed by atoms with Crippen molar-refractivity contribution < 1.29 is 9.59 Å². The minimum absolute atomic E-state index is 0.144. The van der Waals surface area contributed by atoms with Gasteiger partial charge < -0.3 is 16.4 Å². The summed E-state index contributed by atoms with van der Waals surface area (Å²) in [5.41, 5.74) is 10.3. The molecule has 0 saturated carbocycles. The molecule has 0 spiro atoms. The average molecular weight is 465 g/mol. The van der Waals surface area contributed by atoms with Gasteiger partial charge in [-0.05, 0) is 66.0 Å². The van der Waals surface area contributed by atoms with Crippen molar-refractivity contribution in [2.24, 2.45) is 17.1 Å². The van der Waals surface area contributed by atoms with Crippen LogP contribution in [0.5, 0.6) is 0 Å². The van der Waals surface area contributed by atoms with E-state index < -0.39 is 0 Å². The minimum Gasteiger partial charge on any atom is -0.343 e. The second-order valence-corrected chi connectivity index (χ2v) is 11.0. The number of aryl methyl sites for hydroxylation is 1. The van der Waals surface area contributed by atoms with Crippen molar-refractivity contribution in [3.63, 3.8) is 0 Å². The number of rotatable bonds is 5. The molecule has 2 unspecified atom stereocenters. The number of nitrogens with two attached hydrogens (primary N) is 1. The molecule has 1 aliphatic carbocycles. The average Bonchev–Trinajstić information content (AvgIpc) is 3.17. The summed E-state index contributed by atoms with van der Waals surface area (Å²) in [6, 6.07) is 11.2.